The number of nitrogens with one attached hydrogen (secondary N) is 1. The molecule has 0 saturated heterocycles. The summed E-state index contributed by atoms with van der Waals surface area (Å²) in [6.07, 6.45) is 5.08. The Morgan fingerprint density at radius 2 is 2.10 bits per heavy atom. The minimum atomic E-state index is -0.0567. The highest BCUT2D eigenvalue weighted by molar-refractivity contribution is 7.14. The Kier molecular flexibility index (Phi) is 5.90. The lowest BCUT2D eigenvalue weighted by Gasteiger charge is -2.11. The van der Waals surface area contributed by atoms with Gasteiger partial charge in [-0.1, -0.05) is 23.2 Å². The van der Waals surface area contributed by atoms with Gasteiger partial charge in [-0.2, -0.15) is 0 Å². The highest BCUT2D eigenvalue weighted by atomic mass is 35.5. The lowest BCUT2D eigenvalue weighted by Crippen LogP contribution is -2.09. The number of nitrogens with zero attached hydrogens (tertiary/aromatic N) is 4. The van der Waals surface area contributed by atoms with Crippen molar-refractivity contribution in [3.05, 3.63) is 56.6 Å². The molecule has 154 valence electrons. The van der Waals surface area contributed by atoms with Crippen LogP contribution < -0.4 is 11.1 Å². The van der Waals surface area contributed by atoms with Crippen LogP contribution in [0.25, 0.3) is 16.9 Å². The van der Waals surface area contributed by atoms with Gasteiger partial charge in [0, 0.05) is 48.9 Å². The third kappa shape index (κ3) is 4.26. The molecule has 0 unspecified atom stereocenters. The molecule has 3 heterocycles. The molecule has 3 aromatic heterocycles. The van der Waals surface area contributed by atoms with Gasteiger partial charge in [-0.3, -0.25) is 9.20 Å². The third-order valence-corrected chi connectivity index (χ3v) is 6.24. The van der Waals surface area contributed by atoms with E-state index in [-0.39, 0.29) is 5.78 Å². The molecule has 10 heteroatoms. The number of fused-ring (bicyclic) bond motifs is 1. The summed E-state index contributed by atoms with van der Waals surface area (Å²) in [7, 11) is 0. The first kappa shape index (κ1) is 20.6. The predicted molar refractivity (Wildman–Crippen MR) is 122 cm³/mol. The fourth-order valence-corrected chi connectivity index (χ4v) is 4.49. The standard InChI is InChI=1S/C20H18Cl2N6OS/c1-11(29)18-19(23)27-17(30-18)3-2-6-25-20-26-15(10-16-24-7-8-28(16)20)13-5-4-12(21)9-14(13)22/h4-5,7-10H,2-3,6,23H2,1H3,(H,25,26). The topological polar surface area (TPSA) is 98.2 Å². The fourth-order valence-electron chi connectivity index (χ4n) is 3.06. The minimum Gasteiger partial charge on any atom is -0.382 e. The van der Waals surface area contributed by atoms with Crippen molar-refractivity contribution in [1.82, 2.24) is 19.4 Å². The second-order valence-electron chi connectivity index (χ2n) is 6.65. The molecule has 4 aromatic rings. The Bertz CT molecular complexity index is 1240. The van der Waals surface area contributed by atoms with Gasteiger partial charge in [0.2, 0.25) is 5.95 Å². The van der Waals surface area contributed by atoms with Crippen LogP contribution in [0.1, 0.15) is 28.0 Å². The van der Waals surface area contributed by atoms with Crippen LogP contribution in [0.3, 0.4) is 0 Å². The molecule has 0 saturated carbocycles. The van der Waals surface area contributed by atoms with Crippen molar-refractivity contribution in [2.24, 2.45) is 0 Å². The molecule has 7 nitrogen and oxygen atoms in total. The van der Waals surface area contributed by atoms with E-state index in [4.69, 9.17) is 33.9 Å². The minimum absolute atomic E-state index is 0.0567. The van der Waals surface area contributed by atoms with Crippen LogP contribution in [0.5, 0.6) is 0 Å². The van der Waals surface area contributed by atoms with Crippen molar-refractivity contribution in [1.29, 1.82) is 0 Å². The molecule has 0 atom stereocenters. The smallest absolute Gasteiger partial charge is 0.209 e. The molecule has 0 bridgehead atoms. The Balaban J connectivity index is 1.50. The monoisotopic (exact) mass is 460 g/mol. The molecule has 1 aromatic carbocycles. The number of carbonyl (C=O) groups is 1. The Labute approximate surface area is 186 Å². The van der Waals surface area contributed by atoms with Crippen LogP contribution in [-0.2, 0) is 6.42 Å². The van der Waals surface area contributed by atoms with E-state index in [1.807, 2.05) is 22.7 Å². The molecule has 3 N–H and O–H groups in total. The molecule has 0 fully saturated rings. The second-order valence-corrected chi connectivity index (χ2v) is 8.58. The predicted octanol–water partition coefficient (Wildman–Crippen LogP) is 4.99. The number of ketones is 1. The quantitative estimate of drug-likeness (QED) is 0.297. The maximum atomic E-state index is 11.5. The molecule has 0 aliphatic heterocycles. The number of hydrogen-bond donors (Lipinski definition) is 2. The summed E-state index contributed by atoms with van der Waals surface area (Å²) in [5.74, 6) is 0.914. The van der Waals surface area contributed by atoms with Crippen LogP contribution in [0.15, 0.2) is 36.7 Å². The van der Waals surface area contributed by atoms with Crippen LogP contribution >= 0.6 is 34.5 Å². The zero-order valence-electron chi connectivity index (χ0n) is 16.0. The van der Waals surface area contributed by atoms with E-state index in [9.17, 15) is 4.79 Å². The third-order valence-electron chi connectivity index (χ3n) is 4.46. The molecule has 0 aliphatic carbocycles. The number of Topliss-reactive ketones (excluding diaryl/α,β-unsaturated/α-hetero) is 1. The van der Waals surface area contributed by atoms with Crippen LogP contribution in [0.2, 0.25) is 10.0 Å². The first-order valence-electron chi connectivity index (χ1n) is 9.22. The van der Waals surface area contributed by atoms with Gasteiger partial charge in [-0.15, -0.1) is 11.3 Å². The molecular formula is C20H18Cl2N6OS. The number of benzene rings is 1. The largest absolute Gasteiger partial charge is 0.382 e. The lowest BCUT2D eigenvalue weighted by molar-refractivity contribution is 0.102. The SMILES string of the molecule is CC(=O)c1sc(CCCNc2nc(-c3ccc(Cl)cc3Cl)cc3nccn23)nc1N. The van der Waals surface area contributed by atoms with Crippen LogP contribution in [-0.4, -0.2) is 31.7 Å². The summed E-state index contributed by atoms with van der Waals surface area (Å²) in [5, 5.41) is 5.30. The summed E-state index contributed by atoms with van der Waals surface area (Å²) in [6, 6.07) is 7.19. The van der Waals surface area contributed by atoms with Crippen molar-refractivity contribution in [3.63, 3.8) is 0 Å². The van der Waals surface area contributed by atoms with Crippen molar-refractivity contribution in [2.45, 2.75) is 19.8 Å². The van der Waals surface area contributed by atoms with E-state index in [0.717, 1.165) is 22.6 Å². The van der Waals surface area contributed by atoms with Crippen molar-refractivity contribution >= 4 is 57.7 Å². The summed E-state index contributed by atoms with van der Waals surface area (Å²) in [5.41, 5.74) is 8.05. The van der Waals surface area contributed by atoms with Gasteiger partial charge in [-0.25, -0.2) is 15.0 Å². The van der Waals surface area contributed by atoms with E-state index >= 15 is 0 Å². The number of imidazole rings is 1. The number of aromatic nitrogens is 4. The summed E-state index contributed by atoms with van der Waals surface area (Å²) >= 11 is 13.7. The van der Waals surface area contributed by atoms with Crippen molar-refractivity contribution < 1.29 is 4.79 Å². The van der Waals surface area contributed by atoms with Crippen LogP contribution in [0.4, 0.5) is 11.8 Å². The molecule has 0 aliphatic rings. The van der Waals surface area contributed by atoms with Gasteiger partial charge < -0.3 is 11.1 Å². The van der Waals surface area contributed by atoms with Crippen molar-refractivity contribution in [2.75, 3.05) is 17.6 Å². The number of hydrogen-bond acceptors (Lipinski definition) is 7. The van der Waals surface area contributed by atoms with E-state index < -0.39 is 0 Å². The Morgan fingerprint density at radius 3 is 2.83 bits per heavy atom. The fraction of sp³-hybridized carbons (Fsp3) is 0.200. The van der Waals surface area contributed by atoms with Gasteiger partial charge in [0.05, 0.1) is 15.7 Å². The van der Waals surface area contributed by atoms with Crippen LogP contribution in [0, 0.1) is 0 Å². The number of carbonyl (C=O) groups excluding carboxylic acids is 1. The first-order chi connectivity index (χ1) is 14.4. The molecular weight excluding hydrogens is 443 g/mol. The molecule has 0 amide bonds. The highest BCUT2D eigenvalue weighted by Gasteiger charge is 2.13. The van der Waals surface area contributed by atoms with E-state index in [2.05, 4.69) is 15.3 Å². The number of halogens is 2. The number of aryl methyl sites for hydroxylation is 1. The van der Waals surface area contributed by atoms with Gasteiger partial charge in [0.15, 0.2) is 5.78 Å². The molecule has 4 rings (SSSR count). The number of rotatable bonds is 7. The van der Waals surface area contributed by atoms with Gasteiger partial charge in [0.1, 0.15) is 16.3 Å². The summed E-state index contributed by atoms with van der Waals surface area (Å²) < 4.78 is 1.88. The van der Waals surface area contributed by atoms with E-state index in [1.54, 1.807) is 18.3 Å². The number of nitrogens with two attached hydrogens (primary N) is 1. The van der Waals surface area contributed by atoms with Gasteiger partial charge in [-0.05, 0) is 24.6 Å². The first-order valence-corrected chi connectivity index (χ1v) is 10.8. The summed E-state index contributed by atoms with van der Waals surface area (Å²) in [6.45, 7) is 2.16. The van der Waals surface area contributed by atoms with E-state index in [0.29, 0.717) is 45.3 Å². The average molecular weight is 461 g/mol. The molecule has 0 spiro atoms. The number of thiazole rings is 1. The summed E-state index contributed by atoms with van der Waals surface area (Å²) in [4.78, 5) is 25.4. The zero-order chi connectivity index (χ0) is 21.3. The maximum Gasteiger partial charge on any atom is 0.209 e. The van der Waals surface area contributed by atoms with E-state index in [1.165, 1.54) is 18.3 Å². The number of nitrogen functional groups attached to an aromatic ring is 1. The normalized spacial score (nSPS) is 11.2. The Hall–Kier alpha value is -2.68. The van der Waals surface area contributed by atoms with Gasteiger partial charge >= 0.3 is 0 Å². The lowest BCUT2D eigenvalue weighted by atomic mass is 10.1. The van der Waals surface area contributed by atoms with Gasteiger partial charge in [0.25, 0.3) is 0 Å². The van der Waals surface area contributed by atoms with Crippen molar-refractivity contribution in [3.8, 4) is 11.3 Å². The second kappa shape index (κ2) is 8.59. The molecule has 0 radical (unpaired) electrons. The Morgan fingerprint density at radius 1 is 1.27 bits per heavy atom. The highest BCUT2D eigenvalue weighted by Crippen LogP contribution is 2.30. The maximum absolute atomic E-state index is 11.5. The molecule has 30 heavy (non-hydrogen) atoms. The number of anilines is 2. The average Bonchev–Trinajstić information content (AvgIpc) is 3.31. The zero-order valence-corrected chi connectivity index (χ0v) is 18.4.